The number of nitrogens with zero attached hydrogens (tertiary/aromatic N) is 3. The number of ether oxygens (including phenoxy) is 1. The van der Waals surface area contributed by atoms with Gasteiger partial charge in [-0.15, -0.1) is 0 Å². The number of imidazole rings is 1. The molecule has 0 radical (unpaired) electrons. The number of carbonyl (C=O) groups excluding carboxylic acids is 1. The minimum atomic E-state index is 0.154. The number of rotatable bonds is 7. The van der Waals surface area contributed by atoms with Crippen molar-refractivity contribution in [1.29, 1.82) is 0 Å². The highest BCUT2D eigenvalue weighted by molar-refractivity contribution is 5.75. The summed E-state index contributed by atoms with van der Waals surface area (Å²) in [7, 11) is 1.66. The molecular formula is C17H23N3O2. The second kappa shape index (κ2) is 7.64. The van der Waals surface area contributed by atoms with E-state index in [2.05, 4.69) is 9.55 Å². The lowest BCUT2D eigenvalue weighted by atomic mass is 10.2. The van der Waals surface area contributed by atoms with Crippen molar-refractivity contribution in [1.82, 2.24) is 14.5 Å². The topological polar surface area (TPSA) is 47.4 Å². The summed E-state index contributed by atoms with van der Waals surface area (Å²) >= 11 is 0. The fraction of sp³-hybridized carbons (Fsp3) is 0.412. The van der Waals surface area contributed by atoms with Crippen LogP contribution in [0.15, 0.2) is 36.7 Å². The molecule has 5 nitrogen and oxygen atoms in total. The minimum Gasteiger partial charge on any atom is -0.497 e. The van der Waals surface area contributed by atoms with Gasteiger partial charge in [0.1, 0.15) is 11.6 Å². The van der Waals surface area contributed by atoms with E-state index in [0.717, 1.165) is 18.1 Å². The number of benzene rings is 1. The first kappa shape index (κ1) is 16.1. The molecule has 2 rings (SSSR count). The second-order valence-electron chi connectivity index (χ2n) is 5.08. The Hall–Kier alpha value is -2.30. The molecule has 1 heterocycles. The van der Waals surface area contributed by atoms with Crippen molar-refractivity contribution in [2.24, 2.45) is 0 Å². The Morgan fingerprint density at radius 2 is 2.00 bits per heavy atom. The summed E-state index contributed by atoms with van der Waals surface area (Å²) < 4.78 is 7.25. The monoisotopic (exact) mass is 301 g/mol. The molecule has 0 aliphatic rings. The van der Waals surface area contributed by atoms with Gasteiger partial charge in [0, 0.05) is 31.9 Å². The molecule has 0 N–H and O–H groups in total. The first-order chi connectivity index (χ1) is 10.7. The molecule has 1 amide bonds. The van der Waals surface area contributed by atoms with Crippen molar-refractivity contribution in [3.63, 3.8) is 0 Å². The highest BCUT2D eigenvalue weighted by Gasteiger charge is 2.13. The van der Waals surface area contributed by atoms with Crippen molar-refractivity contribution in [2.75, 3.05) is 13.7 Å². The van der Waals surface area contributed by atoms with Gasteiger partial charge in [0.05, 0.1) is 13.7 Å². The molecular weight excluding hydrogens is 278 g/mol. The van der Waals surface area contributed by atoms with E-state index in [1.54, 1.807) is 13.3 Å². The molecule has 0 aliphatic heterocycles. The first-order valence-electron chi connectivity index (χ1n) is 7.58. The smallest absolute Gasteiger partial charge is 0.222 e. The maximum Gasteiger partial charge on any atom is 0.222 e. The molecule has 0 fully saturated rings. The van der Waals surface area contributed by atoms with Gasteiger partial charge < -0.3 is 14.2 Å². The predicted molar refractivity (Wildman–Crippen MR) is 85.7 cm³/mol. The third kappa shape index (κ3) is 3.87. The Kier molecular flexibility index (Phi) is 5.58. The molecule has 0 saturated heterocycles. The van der Waals surface area contributed by atoms with Crippen LogP contribution in [0.25, 0.3) is 0 Å². The lowest BCUT2D eigenvalue weighted by Crippen LogP contribution is -2.30. The van der Waals surface area contributed by atoms with E-state index in [0.29, 0.717) is 19.5 Å². The average Bonchev–Trinajstić information content (AvgIpc) is 2.99. The molecule has 1 aromatic carbocycles. The maximum absolute atomic E-state index is 11.9. The molecule has 22 heavy (non-hydrogen) atoms. The molecule has 1 aromatic heterocycles. The number of methoxy groups -OCH3 is 1. The van der Waals surface area contributed by atoms with Crippen molar-refractivity contribution in [3.05, 3.63) is 48.0 Å². The molecule has 0 aliphatic carbocycles. The Morgan fingerprint density at radius 3 is 2.59 bits per heavy atom. The summed E-state index contributed by atoms with van der Waals surface area (Å²) in [6, 6.07) is 7.98. The van der Waals surface area contributed by atoms with Crippen LogP contribution in [0.1, 0.15) is 31.7 Å². The molecule has 2 aromatic rings. The second-order valence-corrected chi connectivity index (χ2v) is 5.08. The van der Waals surface area contributed by atoms with E-state index in [4.69, 9.17) is 4.74 Å². The summed E-state index contributed by atoms with van der Waals surface area (Å²) in [5.74, 6) is 1.90. The van der Waals surface area contributed by atoms with Crippen LogP contribution >= 0.6 is 0 Å². The van der Waals surface area contributed by atoms with Gasteiger partial charge in [0.15, 0.2) is 0 Å². The highest BCUT2D eigenvalue weighted by atomic mass is 16.5. The Labute approximate surface area is 131 Å². The van der Waals surface area contributed by atoms with Crippen LogP contribution in [-0.2, 0) is 17.9 Å². The van der Waals surface area contributed by atoms with E-state index in [1.165, 1.54) is 5.56 Å². The van der Waals surface area contributed by atoms with Crippen molar-refractivity contribution in [2.45, 2.75) is 33.4 Å². The standard InChI is InChI=1S/C17H23N3O2/c1-4-17(21)19(5-2)13-16-18-10-11-20(16)12-14-6-8-15(22-3)9-7-14/h6-11H,4-5,12-13H2,1-3H3. The zero-order valence-corrected chi connectivity index (χ0v) is 13.5. The minimum absolute atomic E-state index is 0.154. The highest BCUT2D eigenvalue weighted by Crippen LogP contribution is 2.14. The van der Waals surface area contributed by atoms with Crippen LogP contribution in [0, 0.1) is 0 Å². The first-order valence-corrected chi connectivity index (χ1v) is 7.58. The summed E-state index contributed by atoms with van der Waals surface area (Å²) in [6.45, 7) is 5.85. The van der Waals surface area contributed by atoms with E-state index in [-0.39, 0.29) is 5.91 Å². The van der Waals surface area contributed by atoms with Crippen LogP contribution in [0.3, 0.4) is 0 Å². The molecule has 0 atom stereocenters. The van der Waals surface area contributed by atoms with Gasteiger partial charge in [0.2, 0.25) is 5.91 Å². The molecule has 0 bridgehead atoms. The number of aromatic nitrogens is 2. The number of amides is 1. The van der Waals surface area contributed by atoms with Crippen molar-refractivity contribution < 1.29 is 9.53 Å². The quantitative estimate of drug-likeness (QED) is 0.790. The molecule has 0 saturated carbocycles. The normalized spacial score (nSPS) is 10.5. The van der Waals surface area contributed by atoms with E-state index in [1.807, 2.05) is 49.2 Å². The maximum atomic E-state index is 11.9. The van der Waals surface area contributed by atoms with Crippen molar-refractivity contribution in [3.8, 4) is 5.75 Å². The lowest BCUT2D eigenvalue weighted by Gasteiger charge is -2.20. The fourth-order valence-electron chi connectivity index (χ4n) is 2.33. The SMILES string of the molecule is CCC(=O)N(CC)Cc1nccn1Cc1ccc(OC)cc1. The fourth-order valence-corrected chi connectivity index (χ4v) is 2.33. The van der Waals surface area contributed by atoms with Gasteiger partial charge in [0.25, 0.3) is 0 Å². The summed E-state index contributed by atoms with van der Waals surface area (Å²) in [5.41, 5.74) is 1.17. The Bertz CT molecular complexity index is 605. The Balaban J connectivity index is 2.09. The van der Waals surface area contributed by atoms with Gasteiger partial charge in [-0.1, -0.05) is 19.1 Å². The van der Waals surface area contributed by atoms with Crippen molar-refractivity contribution >= 4 is 5.91 Å². The average molecular weight is 301 g/mol. The Morgan fingerprint density at radius 1 is 1.27 bits per heavy atom. The largest absolute Gasteiger partial charge is 0.497 e. The van der Waals surface area contributed by atoms with Gasteiger partial charge in [-0.05, 0) is 24.6 Å². The zero-order valence-electron chi connectivity index (χ0n) is 13.5. The summed E-state index contributed by atoms with van der Waals surface area (Å²) in [5, 5.41) is 0. The number of hydrogen-bond donors (Lipinski definition) is 0. The van der Waals surface area contributed by atoms with Crippen LogP contribution in [0.4, 0.5) is 0 Å². The van der Waals surface area contributed by atoms with E-state index in [9.17, 15) is 4.79 Å². The molecule has 0 unspecified atom stereocenters. The van der Waals surface area contributed by atoms with Crippen LogP contribution in [0.2, 0.25) is 0 Å². The number of carbonyl (C=O) groups is 1. The van der Waals surface area contributed by atoms with Crippen LogP contribution in [0.5, 0.6) is 5.75 Å². The van der Waals surface area contributed by atoms with Crippen LogP contribution in [-0.4, -0.2) is 34.0 Å². The van der Waals surface area contributed by atoms with Crippen LogP contribution < -0.4 is 4.74 Å². The summed E-state index contributed by atoms with van der Waals surface area (Å²) in [6.07, 6.45) is 4.25. The van der Waals surface area contributed by atoms with Gasteiger partial charge in [-0.3, -0.25) is 4.79 Å². The van der Waals surface area contributed by atoms with Gasteiger partial charge in [-0.2, -0.15) is 0 Å². The molecule has 0 spiro atoms. The third-order valence-electron chi connectivity index (χ3n) is 3.68. The number of hydrogen-bond acceptors (Lipinski definition) is 3. The third-order valence-corrected chi connectivity index (χ3v) is 3.68. The lowest BCUT2D eigenvalue weighted by molar-refractivity contribution is -0.131. The van der Waals surface area contributed by atoms with Gasteiger partial charge in [-0.25, -0.2) is 4.98 Å². The molecule has 118 valence electrons. The predicted octanol–water partition coefficient (Wildman–Crippen LogP) is 2.70. The van der Waals surface area contributed by atoms with Gasteiger partial charge >= 0.3 is 0 Å². The summed E-state index contributed by atoms with van der Waals surface area (Å²) in [4.78, 5) is 18.1. The molecule has 5 heteroatoms. The van der Waals surface area contributed by atoms with E-state index < -0.39 is 0 Å². The van der Waals surface area contributed by atoms with E-state index >= 15 is 0 Å². The zero-order chi connectivity index (χ0) is 15.9.